The highest BCUT2D eigenvalue weighted by molar-refractivity contribution is 9.10. The third kappa shape index (κ3) is 3.55. The summed E-state index contributed by atoms with van der Waals surface area (Å²) >= 11 is 10.6. The lowest BCUT2D eigenvalue weighted by atomic mass is 10.2. The molecule has 2 rings (SSSR count). The van der Waals surface area contributed by atoms with Gasteiger partial charge in [0.2, 0.25) is 0 Å². The Morgan fingerprint density at radius 2 is 2.21 bits per heavy atom. The Morgan fingerprint density at radius 3 is 2.79 bits per heavy atom. The molecule has 0 spiro atoms. The van der Waals surface area contributed by atoms with Crippen LogP contribution in [0.4, 0.5) is 4.39 Å². The zero-order chi connectivity index (χ0) is 14.0. The van der Waals surface area contributed by atoms with Crippen LogP contribution in [0.3, 0.4) is 0 Å². The molecule has 2 nitrogen and oxygen atoms in total. The van der Waals surface area contributed by atoms with Crippen LogP contribution in [-0.2, 0) is 6.54 Å². The number of halogens is 3. The molecule has 2 aromatic rings. The van der Waals surface area contributed by atoms with Crippen LogP contribution in [0.25, 0.3) is 0 Å². The molecule has 0 unspecified atom stereocenters. The van der Waals surface area contributed by atoms with Crippen molar-refractivity contribution in [1.29, 1.82) is 0 Å². The van der Waals surface area contributed by atoms with Crippen LogP contribution in [0, 0.1) is 5.82 Å². The van der Waals surface area contributed by atoms with Gasteiger partial charge in [0.05, 0.1) is 11.6 Å². The maximum atomic E-state index is 13.1. The van der Waals surface area contributed by atoms with Gasteiger partial charge in [0.1, 0.15) is 5.82 Å². The highest BCUT2D eigenvalue weighted by atomic mass is 79.9. The molecule has 0 saturated carbocycles. The van der Waals surface area contributed by atoms with Crippen LogP contribution in [0.15, 0.2) is 34.1 Å². The number of rotatable bonds is 3. The molecule has 0 N–H and O–H groups in total. The van der Waals surface area contributed by atoms with Gasteiger partial charge >= 0.3 is 0 Å². The second-order valence-electron chi connectivity index (χ2n) is 4.02. The van der Waals surface area contributed by atoms with E-state index in [1.165, 1.54) is 18.2 Å². The summed E-state index contributed by atoms with van der Waals surface area (Å²) in [6, 6.07) is 5.95. The molecular formula is C13H10BrClFNOS. The van der Waals surface area contributed by atoms with Crippen LogP contribution < -0.4 is 0 Å². The maximum Gasteiger partial charge on any atom is 0.253 e. The fourth-order valence-corrected chi connectivity index (χ4v) is 3.28. The SMILES string of the molecule is CN(Cc1cc(Br)cs1)C(=O)c1ccc(F)c(Cl)c1. The Hall–Kier alpha value is -0.910. The van der Waals surface area contributed by atoms with Crippen molar-refractivity contribution in [2.75, 3.05) is 7.05 Å². The smallest absolute Gasteiger partial charge is 0.253 e. The van der Waals surface area contributed by atoms with E-state index in [2.05, 4.69) is 15.9 Å². The normalized spacial score (nSPS) is 10.5. The molecule has 1 aromatic heterocycles. The second-order valence-corrected chi connectivity index (χ2v) is 6.34. The number of amides is 1. The number of thiophene rings is 1. The first-order valence-electron chi connectivity index (χ1n) is 5.41. The Labute approximate surface area is 127 Å². The van der Waals surface area contributed by atoms with Gasteiger partial charge < -0.3 is 4.90 Å². The predicted molar refractivity (Wildman–Crippen MR) is 79.2 cm³/mol. The molecule has 0 aliphatic rings. The van der Waals surface area contributed by atoms with Crippen molar-refractivity contribution in [3.05, 3.63) is 55.4 Å². The van der Waals surface area contributed by atoms with Gasteiger partial charge in [-0.3, -0.25) is 4.79 Å². The number of benzene rings is 1. The molecule has 6 heteroatoms. The summed E-state index contributed by atoms with van der Waals surface area (Å²) in [7, 11) is 1.70. The van der Waals surface area contributed by atoms with Crippen molar-refractivity contribution in [2.45, 2.75) is 6.54 Å². The first-order chi connectivity index (χ1) is 8.97. The van der Waals surface area contributed by atoms with Crippen LogP contribution >= 0.6 is 38.9 Å². The molecule has 19 heavy (non-hydrogen) atoms. The average molecular weight is 363 g/mol. The topological polar surface area (TPSA) is 20.3 Å². The summed E-state index contributed by atoms with van der Waals surface area (Å²) in [5.41, 5.74) is 0.379. The van der Waals surface area contributed by atoms with Gasteiger partial charge in [0.25, 0.3) is 5.91 Å². The number of nitrogens with zero attached hydrogens (tertiary/aromatic N) is 1. The van der Waals surface area contributed by atoms with E-state index in [0.29, 0.717) is 12.1 Å². The van der Waals surface area contributed by atoms with Crippen LogP contribution in [0.1, 0.15) is 15.2 Å². The van der Waals surface area contributed by atoms with E-state index < -0.39 is 5.82 Å². The highest BCUT2D eigenvalue weighted by Crippen LogP contribution is 2.22. The number of hydrogen-bond acceptors (Lipinski definition) is 2. The molecule has 0 atom stereocenters. The minimum absolute atomic E-state index is 0.0434. The molecule has 1 aromatic carbocycles. The fourth-order valence-electron chi connectivity index (χ4n) is 1.59. The molecule has 100 valence electrons. The lowest BCUT2D eigenvalue weighted by Crippen LogP contribution is -2.25. The minimum atomic E-state index is -0.525. The molecule has 0 aliphatic carbocycles. The number of carbonyl (C=O) groups is 1. The van der Waals surface area contributed by atoms with Crippen molar-refractivity contribution >= 4 is 44.8 Å². The second kappa shape index (κ2) is 6.03. The summed E-state index contributed by atoms with van der Waals surface area (Å²) in [5, 5.41) is 1.92. The Balaban J connectivity index is 2.12. The van der Waals surface area contributed by atoms with Gasteiger partial charge in [-0.05, 0) is 40.2 Å². The van der Waals surface area contributed by atoms with Crippen molar-refractivity contribution in [2.24, 2.45) is 0 Å². The summed E-state index contributed by atoms with van der Waals surface area (Å²) < 4.78 is 14.1. The van der Waals surface area contributed by atoms with Crippen molar-refractivity contribution in [3.63, 3.8) is 0 Å². The molecule has 0 radical (unpaired) electrons. The monoisotopic (exact) mass is 361 g/mol. The first-order valence-corrected chi connectivity index (χ1v) is 7.46. The summed E-state index contributed by atoms with van der Waals surface area (Å²) in [5.74, 6) is -0.713. The Kier molecular flexibility index (Phi) is 4.60. The molecular weight excluding hydrogens is 353 g/mol. The summed E-state index contributed by atoms with van der Waals surface area (Å²) in [6.07, 6.45) is 0. The third-order valence-electron chi connectivity index (χ3n) is 2.53. The van der Waals surface area contributed by atoms with E-state index in [4.69, 9.17) is 11.6 Å². The first kappa shape index (κ1) is 14.5. The minimum Gasteiger partial charge on any atom is -0.337 e. The van der Waals surface area contributed by atoms with E-state index >= 15 is 0 Å². The predicted octanol–water partition coefficient (Wildman–Crippen LogP) is 4.58. The molecule has 1 amide bonds. The molecule has 0 fully saturated rings. The fraction of sp³-hybridized carbons (Fsp3) is 0.154. The largest absolute Gasteiger partial charge is 0.337 e. The van der Waals surface area contributed by atoms with Crippen molar-refractivity contribution < 1.29 is 9.18 Å². The van der Waals surface area contributed by atoms with Crippen molar-refractivity contribution in [1.82, 2.24) is 4.90 Å². The van der Waals surface area contributed by atoms with Crippen LogP contribution in [0.5, 0.6) is 0 Å². The van der Waals surface area contributed by atoms with E-state index in [-0.39, 0.29) is 10.9 Å². The highest BCUT2D eigenvalue weighted by Gasteiger charge is 2.14. The van der Waals surface area contributed by atoms with E-state index in [0.717, 1.165) is 9.35 Å². The maximum absolute atomic E-state index is 13.1. The lowest BCUT2D eigenvalue weighted by molar-refractivity contribution is 0.0786. The van der Waals surface area contributed by atoms with Crippen molar-refractivity contribution in [3.8, 4) is 0 Å². The summed E-state index contributed by atoms with van der Waals surface area (Å²) in [6.45, 7) is 0.504. The van der Waals surface area contributed by atoms with Gasteiger partial charge in [-0.1, -0.05) is 11.6 Å². The van der Waals surface area contributed by atoms with E-state index in [1.807, 2.05) is 11.4 Å². The zero-order valence-corrected chi connectivity index (χ0v) is 13.1. The van der Waals surface area contributed by atoms with Gasteiger partial charge in [-0.2, -0.15) is 0 Å². The van der Waals surface area contributed by atoms with Crippen LogP contribution in [-0.4, -0.2) is 17.9 Å². The number of carbonyl (C=O) groups excluding carboxylic acids is 1. The van der Waals surface area contributed by atoms with Gasteiger partial charge in [-0.15, -0.1) is 11.3 Å². The molecule has 0 saturated heterocycles. The van der Waals surface area contributed by atoms with E-state index in [9.17, 15) is 9.18 Å². The van der Waals surface area contributed by atoms with Gasteiger partial charge in [0, 0.05) is 27.3 Å². The Bertz CT molecular complexity index is 616. The standard InChI is InChI=1S/C13H10BrClFNOS/c1-17(6-10-5-9(14)7-19-10)13(18)8-2-3-12(16)11(15)4-8/h2-5,7H,6H2,1H3. The van der Waals surface area contributed by atoms with Crippen LogP contribution in [0.2, 0.25) is 5.02 Å². The average Bonchev–Trinajstić information content (AvgIpc) is 2.77. The lowest BCUT2D eigenvalue weighted by Gasteiger charge is -2.16. The number of hydrogen-bond donors (Lipinski definition) is 0. The third-order valence-corrected chi connectivity index (χ3v) is 4.50. The molecule has 0 aliphatic heterocycles. The zero-order valence-electron chi connectivity index (χ0n) is 9.99. The molecule has 0 bridgehead atoms. The van der Waals surface area contributed by atoms with E-state index in [1.54, 1.807) is 23.3 Å². The molecule has 1 heterocycles. The van der Waals surface area contributed by atoms with Gasteiger partial charge in [-0.25, -0.2) is 4.39 Å². The quantitative estimate of drug-likeness (QED) is 0.783. The summed E-state index contributed by atoms with van der Waals surface area (Å²) in [4.78, 5) is 14.8. The van der Waals surface area contributed by atoms with Gasteiger partial charge in [0.15, 0.2) is 0 Å². The Morgan fingerprint density at radius 1 is 1.47 bits per heavy atom.